The average molecular weight is 304 g/mol. The Morgan fingerprint density at radius 3 is 1.95 bits per heavy atom. The highest BCUT2D eigenvalue weighted by molar-refractivity contribution is 6.08. The zero-order valence-corrected chi connectivity index (χ0v) is 13.5. The number of likely N-dealkylation sites (tertiary alicyclic amines) is 1. The molecule has 0 radical (unpaired) electrons. The van der Waals surface area contributed by atoms with Gasteiger partial charge in [-0.2, -0.15) is 0 Å². The minimum absolute atomic E-state index is 0.134. The van der Waals surface area contributed by atoms with Gasteiger partial charge in [0.1, 0.15) is 6.04 Å². The molecule has 0 aromatic carbocycles. The minimum atomic E-state index is -0.690. The van der Waals surface area contributed by atoms with Gasteiger partial charge in [0.15, 0.2) is 0 Å². The molecule has 0 aromatic heterocycles. The molecular weight excluding hydrogens is 280 g/mol. The fraction of sp³-hybridized carbons (Fsp3) is 0.706. The van der Waals surface area contributed by atoms with Crippen molar-refractivity contribution in [2.24, 2.45) is 23.7 Å². The summed E-state index contributed by atoms with van der Waals surface area (Å²) >= 11 is 0. The lowest BCUT2D eigenvalue weighted by Crippen LogP contribution is -2.50. The minimum Gasteiger partial charge on any atom is -0.341 e. The highest BCUT2D eigenvalue weighted by atomic mass is 16.2. The fourth-order valence-corrected chi connectivity index (χ4v) is 4.39. The van der Waals surface area contributed by atoms with Crippen LogP contribution in [0.15, 0.2) is 12.2 Å². The maximum atomic E-state index is 12.8. The summed E-state index contributed by atoms with van der Waals surface area (Å²) in [6.07, 6.45) is 6.16. The maximum Gasteiger partial charge on any atom is 0.245 e. The van der Waals surface area contributed by atoms with Crippen LogP contribution < -0.4 is 0 Å². The lowest BCUT2D eigenvalue weighted by molar-refractivity contribution is -0.151. The third kappa shape index (κ3) is 2.02. The molecule has 22 heavy (non-hydrogen) atoms. The Morgan fingerprint density at radius 2 is 1.59 bits per heavy atom. The molecule has 1 heterocycles. The smallest absolute Gasteiger partial charge is 0.245 e. The van der Waals surface area contributed by atoms with Gasteiger partial charge in [-0.25, -0.2) is 0 Å². The molecule has 120 valence electrons. The molecule has 5 nitrogen and oxygen atoms in total. The summed E-state index contributed by atoms with van der Waals surface area (Å²) in [6, 6.07) is -0.690. The van der Waals surface area contributed by atoms with Crippen LogP contribution in [0.4, 0.5) is 0 Å². The largest absolute Gasteiger partial charge is 0.341 e. The second-order valence-corrected chi connectivity index (χ2v) is 6.57. The Morgan fingerprint density at radius 1 is 1.14 bits per heavy atom. The van der Waals surface area contributed by atoms with Gasteiger partial charge in [0.25, 0.3) is 0 Å². The van der Waals surface area contributed by atoms with Gasteiger partial charge in [-0.05, 0) is 45.4 Å². The van der Waals surface area contributed by atoms with E-state index in [0.717, 1.165) is 12.8 Å². The second-order valence-electron chi connectivity index (χ2n) is 6.57. The fourth-order valence-electron chi connectivity index (χ4n) is 4.39. The number of nitrogens with zero attached hydrogens (tertiary/aromatic N) is 2. The van der Waals surface area contributed by atoms with Gasteiger partial charge >= 0.3 is 0 Å². The molecule has 2 bridgehead atoms. The van der Waals surface area contributed by atoms with E-state index >= 15 is 0 Å². The standard InChI is InChI=1S/C17H24N2O3/c1-4-18(5-2)15(20)10(3)19-16(21)13-11-6-7-12(9-8-11)14(13)17(19)22/h6-7,10-14H,4-5,8-9H2,1-3H3/t10-,11-,12-,13-,14+/m0/s1. The van der Waals surface area contributed by atoms with Gasteiger partial charge in [0.2, 0.25) is 17.7 Å². The number of hydrogen-bond donors (Lipinski definition) is 0. The van der Waals surface area contributed by atoms with Crippen LogP contribution in [0.5, 0.6) is 0 Å². The van der Waals surface area contributed by atoms with Crippen LogP contribution in [0.2, 0.25) is 0 Å². The zero-order chi connectivity index (χ0) is 16.0. The molecule has 0 spiro atoms. The normalized spacial score (nSPS) is 34.0. The van der Waals surface area contributed by atoms with Gasteiger partial charge in [-0.3, -0.25) is 19.3 Å². The quantitative estimate of drug-likeness (QED) is 0.583. The van der Waals surface area contributed by atoms with E-state index in [9.17, 15) is 14.4 Å². The first-order chi connectivity index (χ1) is 10.5. The Balaban J connectivity index is 1.85. The van der Waals surface area contributed by atoms with E-state index in [1.165, 1.54) is 4.90 Å². The van der Waals surface area contributed by atoms with E-state index in [1.807, 2.05) is 13.8 Å². The first-order valence-electron chi connectivity index (χ1n) is 8.35. The second kappa shape index (κ2) is 5.52. The van der Waals surface area contributed by atoms with E-state index in [-0.39, 0.29) is 41.4 Å². The predicted molar refractivity (Wildman–Crippen MR) is 81.6 cm³/mol. The number of hydrogen-bond acceptors (Lipinski definition) is 3. The van der Waals surface area contributed by atoms with Gasteiger partial charge < -0.3 is 4.90 Å². The van der Waals surface area contributed by atoms with E-state index < -0.39 is 6.04 Å². The van der Waals surface area contributed by atoms with Gasteiger partial charge in [0.05, 0.1) is 11.8 Å². The summed E-state index contributed by atoms with van der Waals surface area (Å²) in [5, 5.41) is 0. The molecule has 1 saturated heterocycles. The number of carbonyl (C=O) groups is 3. The van der Waals surface area contributed by atoms with Crippen molar-refractivity contribution in [3.8, 4) is 0 Å². The van der Waals surface area contributed by atoms with Crippen LogP contribution in [0.3, 0.4) is 0 Å². The number of likely N-dealkylation sites (N-methyl/N-ethyl adjacent to an activating group) is 1. The van der Waals surface area contributed by atoms with Gasteiger partial charge in [-0.1, -0.05) is 12.2 Å². The number of imide groups is 1. The van der Waals surface area contributed by atoms with Crippen molar-refractivity contribution in [2.75, 3.05) is 13.1 Å². The van der Waals surface area contributed by atoms with Crippen molar-refractivity contribution in [2.45, 2.75) is 39.7 Å². The van der Waals surface area contributed by atoms with Gasteiger partial charge in [0, 0.05) is 13.1 Å². The predicted octanol–water partition coefficient (Wildman–Crippen LogP) is 1.44. The molecule has 5 atom stereocenters. The lowest BCUT2D eigenvalue weighted by Gasteiger charge is -2.38. The Labute approximate surface area is 131 Å². The zero-order valence-electron chi connectivity index (χ0n) is 13.5. The number of carbonyl (C=O) groups excluding carboxylic acids is 3. The monoisotopic (exact) mass is 304 g/mol. The molecule has 3 aliphatic carbocycles. The Bertz CT molecular complexity index is 506. The molecule has 1 aliphatic heterocycles. The summed E-state index contributed by atoms with van der Waals surface area (Å²) < 4.78 is 0. The summed E-state index contributed by atoms with van der Waals surface area (Å²) in [4.78, 5) is 41.0. The molecule has 4 rings (SSSR count). The SMILES string of the molecule is CCN(CC)C(=O)[C@H](C)N1C(=O)[C@@H]2[C@H](C1=O)[C@H]1C=C[C@H]2CC1. The van der Waals surface area contributed by atoms with E-state index in [1.54, 1.807) is 11.8 Å². The molecular formula is C17H24N2O3. The summed E-state index contributed by atoms with van der Waals surface area (Å²) in [7, 11) is 0. The van der Waals surface area contributed by atoms with Crippen LogP contribution in [-0.4, -0.2) is 46.7 Å². The Hall–Kier alpha value is -1.65. The van der Waals surface area contributed by atoms with Crippen molar-refractivity contribution >= 4 is 17.7 Å². The van der Waals surface area contributed by atoms with Crippen molar-refractivity contribution in [3.05, 3.63) is 12.2 Å². The van der Waals surface area contributed by atoms with Crippen LogP contribution in [-0.2, 0) is 14.4 Å². The number of allylic oxidation sites excluding steroid dienone is 2. The summed E-state index contributed by atoms with van der Waals surface area (Å²) in [5.41, 5.74) is 0. The highest BCUT2D eigenvalue weighted by Gasteiger charge is 2.58. The van der Waals surface area contributed by atoms with Crippen molar-refractivity contribution in [1.29, 1.82) is 0 Å². The highest BCUT2D eigenvalue weighted by Crippen LogP contribution is 2.49. The number of amides is 3. The summed E-state index contributed by atoms with van der Waals surface area (Å²) in [5.74, 6) is -0.527. The third-order valence-electron chi connectivity index (χ3n) is 5.61. The number of fused-ring (bicyclic) bond motifs is 1. The topological polar surface area (TPSA) is 57.7 Å². The van der Waals surface area contributed by atoms with Crippen molar-refractivity contribution in [1.82, 2.24) is 9.80 Å². The first kappa shape index (κ1) is 15.3. The number of rotatable bonds is 4. The molecule has 0 N–H and O–H groups in total. The average Bonchev–Trinajstić information content (AvgIpc) is 2.82. The summed E-state index contributed by atoms with van der Waals surface area (Å²) in [6.45, 7) is 6.69. The third-order valence-corrected chi connectivity index (χ3v) is 5.61. The van der Waals surface area contributed by atoms with Crippen LogP contribution in [0.25, 0.3) is 0 Å². The molecule has 3 amide bonds. The molecule has 5 heteroatoms. The Kier molecular flexibility index (Phi) is 3.83. The molecule has 0 aromatic rings. The lowest BCUT2D eigenvalue weighted by atomic mass is 9.63. The van der Waals surface area contributed by atoms with Crippen LogP contribution >= 0.6 is 0 Å². The molecule has 4 aliphatic rings. The molecule has 1 saturated carbocycles. The molecule has 2 fully saturated rings. The van der Waals surface area contributed by atoms with Crippen molar-refractivity contribution in [3.63, 3.8) is 0 Å². The van der Waals surface area contributed by atoms with Gasteiger partial charge in [-0.15, -0.1) is 0 Å². The van der Waals surface area contributed by atoms with Crippen LogP contribution in [0.1, 0.15) is 33.6 Å². The maximum absolute atomic E-state index is 12.8. The molecule has 0 unspecified atom stereocenters. The van der Waals surface area contributed by atoms with Crippen LogP contribution in [0, 0.1) is 23.7 Å². The van der Waals surface area contributed by atoms with E-state index in [2.05, 4.69) is 12.2 Å². The first-order valence-corrected chi connectivity index (χ1v) is 8.35. The van der Waals surface area contributed by atoms with Crippen molar-refractivity contribution < 1.29 is 14.4 Å². The van der Waals surface area contributed by atoms with E-state index in [0.29, 0.717) is 13.1 Å². The van der Waals surface area contributed by atoms with E-state index in [4.69, 9.17) is 0 Å².